The van der Waals surface area contributed by atoms with Crippen LogP contribution in [0.15, 0.2) is 48.5 Å². The van der Waals surface area contributed by atoms with E-state index in [1.807, 2.05) is 30.3 Å². The van der Waals surface area contributed by atoms with Crippen LogP contribution in [0.2, 0.25) is 0 Å². The molecule has 0 amide bonds. The molecule has 0 aliphatic heterocycles. The predicted octanol–water partition coefficient (Wildman–Crippen LogP) is 3.30. The highest BCUT2D eigenvalue weighted by atomic mass is 19.1. The molecule has 0 saturated carbocycles. The van der Waals surface area contributed by atoms with E-state index in [2.05, 4.69) is 0 Å². The number of hydrogen-bond acceptors (Lipinski definition) is 2. The Morgan fingerprint density at radius 3 is 2.68 bits per heavy atom. The fourth-order valence-electron chi connectivity index (χ4n) is 1.93. The van der Waals surface area contributed by atoms with Gasteiger partial charge in [0.05, 0.1) is 0 Å². The lowest BCUT2D eigenvalue weighted by molar-refractivity contribution is 0.302. The SMILES string of the molecule is NCCCc1ccccc1OCc1cccc(F)c1. The maximum atomic E-state index is 13.1. The first-order valence-corrected chi connectivity index (χ1v) is 6.45. The van der Waals surface area contributed by atoms with Crippen LogP contribution in [0, 0.1) is 5.82 Å². The van der Waals surface area contributed by atoms with Gasteiger partial charge in [-0.05, 0) is 48.7 Å². The highest BCUT2D eigenvalue weighted by Crippen LogP contribution is 2.20. The predicted molar refractivity (Wildman–Crippen MR) is 74.5 cm³/mol. The fourth-order valence-corrected chi connectivity index (χ4v) is 1.93. The summed E-state index contributed by atoms with van der Waals surface area (Å²) in [5.74, 6) is 0.609. The number of halogens is 1. The van der Waals surface area contributed by atoms with Crippen LogP contribution in [-0.4, -0.2) is 6.54 Å². The van der Waals surface area contributed by atoms with Crippen LogP contribution in [0.5, 0.6) is 5.75 Å². The number of ether oxygens (including phenoxy) is 1. The molecule has 2 nitrogen and oxygen atoms in total. The quantitative estimate of drug-likeness (QED) is 0.864. The Morgan fingerprint density at radius 1 is 1.05 bits per heavy atom. The number of rotatable bonds is 6. The average Bonchev–Trinajstić information content (AvgIpc) is 2.44. The van der Waals surface area contributed by atoms with Gasteiger partial charge in [-0.25, -0.2) is 4.39 Å². The summed E-state index contributed by atoms with van der Waals surface area (Å²) in [7, 11) is 0. The zero-order valence-corrected chi connectivity index (χ0v) is 10.8. The molecule has 0 aromatic heterocycles. The Morgan fingerprint density at radius 2 is 1.89 bits per heavy atom. The molecule has 2 aromatic rings. The van der Waals surface area contributed by atoms with Gasteiger partial charge < -0.3 is 10.5 Å². The molecule has 0 heterocycles. The van der Waals surface area contributed by atoms with E-state index in [4.69, 9.17) is 10.5 Å². The summed E-state index contributed by atoms with van der Waals surface area (Å²) in [5, 5.41) is 0. The Labute approximate surface area is 113 Å². The van der Waals surface area contributed by atoms with Crippen LogP contribution < -0.4 is 10.5 Å². The second-order valence-corrected chi connectivity index (χ2v) is 4.42. The molecule has 100 valence electrons. The summed E-state index contributed by atoms with van der Waals surface area (Å²) < 4.78 is 18.8. The molecule has 2 aromatic carbocycles. The topological polar surface area (TPSA) is 35.2 Å². The highest BCUT2D eigenvalue weighted by Gasteiger charge is 2.03. The van der Waals surface area contributed by atoms with E-state index in [0.29, 0.717) is 13.2 Å². The fraction of sp³-hybridized carbons (Fsp3) is 0.250. The van der Waals surface area contributed by atoms with Crippen LogP contribution in [0.3, 0.4) is 0 Å². The van der Waals surface area contributed by atoms with E-state index < -0.39 is 0 Å². The van der Waals surface area contributed by atoms with Crippen molar-refractivity contribution >= 4 is 0 Å². The lowest BCUT2D eigenvalue weighted by Crippen LogP contribution is -2.03. The molecule has 0 radical (unpaired) electrons. The molecular weight excluding hydrogens is 241 g/mol. The third kappa shape index (κ3) is 4.07. The van der Waals surface area contributed by atoms with Crippen molar-refractivity contribution in [2.24, 2.45) is 5.73 Å². The van der Waals surface area contributed by atoms with Gasteiger partial charge in [0.15, 0.2) is 0 Å². The lowest BCUT2D eigenvalue weighted by Gasteiger charge is -2.11. The molecule has 2 N–H and O–H groups in total. The van der Waals surface area contributed by atoms with Crippen molar-refractivity contribution in [3.63, 3.8) is 0 Å². The maximum absolute atomic E-state index is 13.1. The molecule has 0 unspecified atom stereocenters. The van der Waals surface area contributed by atoms with E-state index in [9.17, 15) is 4.39 Å². The third-order valence-electron chi connectivity index (χ3n) is 2.91. The molecule has 3 heteroatoms. The minimum absolute atomic E-state index is 0.238. The zero-order valence-electron chi connectivity index (χ0n) is 10.8. The third-order valence-corrected chi connectivity index (χ3v) is 2.91. The van der Waals surface area contributed by atoms with Crippen LogP contribution in [0.4, 0.5) is 4.39 Å². The van der Waals surface area contributed by atoms with Crippen molar-refractivity contribution in [1.82, 2.24) is 0 Å². The molecule has 19 heavy (non-hydrogen) atoms. The van der Waals surface area contributed by atoms with Gasteiger partial charge >= 0.3 is 0 Å². The largest absolute Gasteiger partial charge is 0.489 e. The first kappa shape index (κ1) is 13.6. The molecule has 0 aliphatic carbocycles. The summed E-state index contributed by atoms with van der Waals surface area (Å²) in [6.45, 7) is 1.04. The van der Waals surface area contributed by atoms with E-state index in [1.165, 1.54) is 12.1 Å². The van der Waals surface area contributed by atoms with Crippen LogP contribution in [-0.2, 0) is 13.0 Å². The zero-order chi connectivity index (χ0) is 13.5. The van der Waals surface area contributed by atoms with Gasteiger partial charge in [0.1, 0.15) is 18.2 Å². The molecular formula is C16H18FNO. The average molecular weight is 259 g/mol. The van der Waals surface area contributed by atoms with Gasteiger partial charge in [-0.15, -0.1) is 0 Å². The molecule has 2 rings (SSSR count). The van der Waals surface area contributed by atoms with Crippen LogP contribution >= 0.6 is 0 Å². The van der Waals surface area contributed by atoms with Gasteiger partial charge in [0.25, 0.3) is 0 Å². The number of para-hydroxylation sites is 1. The first-order chi connectivity index (χ1) is 9.29. The van der Waals surface area contributed by atoms with Crippen molar-refractivity contribution in [3.05, 3.63) is 65.5 Å². The monoisotopic (exact) mass is 259 g/mol. The van der Waals surface area contributed by atoms with Crippen molar-refractivity contribution < 1.29 is 9.13 Å². The standard InChI is InChI=1S/C16H18FNO/c17-15-8-3-5-13(11-15)12-19-16-9-2-1-6-14(16)7-4-10-18/h1-3,5-6,8-9,11H,4,7,10,12,18H2. The molecule has 0 bridgehead atoms. The first-order valence-electron chi connectivity index (χ1n) is 6.45. The maximum Gasteiger partial charge on any atom is 0.123 e. The molecule has 0 fully saturated rings. The Kier molecular flexibility index (Phi) is 4.93. The van der Waals surface area contributed by atoms with Gasteiger partial charge in [0, 0.05) is 0 Å². The van der Waals surface area contributed by atoms with Crippen molar-refractivity contribution in [2.45, 2.75) is 19.4 Å². The van der Waals surface area contributed by atoms with Crippen molar-refractivity contribution in [1.29, 1.82) is 0 Å². The van der Waals surface area contributed by atoms with E-state index in [-0.39, 0.29) is 5.82 Å². The smallest absolute Gasteiger partial charge is 0.123 e. The Hall–Kier alpha value is -1.87. The second-order valence-electron chi connectivity index (χ2n) is 4.42. The van der Waals surface area contributed by atoms with Crippen molar-refractivity contribution in [3.8, 4) is 5.75 Å². The summed E-state index contributed by atoms with van der Waals surface area (Å²) in [6.07, 6.45) is 1.83. The lowest BCUT2D eigenvalue weighted by atomic mass is 10.1. The summed E-state index contributed by atoms with van der Waals surface area (Å²) in [4.78, 5) is 0. The van der Waals surface area contributed by atoms with E-state index in [1.54, 1.807) is 6.07 Å². The summed E-state index contributed by atoms with van der Waals surface area (Å²) >= 11 is 0. The molecule has 0 saturated heterocycles. The van der Waals surface area contributed by atoms with Crippen molar-refractivity contribution in [2.75, 3.05) is 6.54 Å². The Bertz CT molecular complexity index is 528. The van der Waals surface area contributed by atoms with Gasteiger partial charge in [-0.1, -0.05) is 30.3 Å². The Balaban J connectivity index is 2.02. The highest BCUT2D eigenvalue weighted by molar-refractivity contribution is 5.33. The van der Waals surface area contributed by atoms with E-state index >= 15 is 0 Å². The minimum atomic E-state index is -0.238. The second kappa shape index (κ2) is 6.90. The number of hydrogen-bond donors (Lipinski definition) is 1. The number of benzene rings is 2. The van der Waals surface area contributed by atoms with Crippen LogP contribution in [0.25, 0.3) is 0 Å². The van der Waals surface area contributed by atoms with E-state index in [0.717, 1.165) is 29.7 Å². The van der Waals surface area contributed by atoms with Gasteiger partial charge in [-0.3, -0.25) is 0 Å². The number of aryl methyl sites for hydroxylation is 1. The normalized spacial score (nSPS) is 10.4. The summed E-state index contributed by atoms with van der Waals surface area (Å²) in [6, 6.07) is 14.4. The van der Waals surface area contributed by atoms with Gasteiger partial charge in [0.2, 0.25) is 0 Å². The molecule has 0 atom stereocenters. The van der Waals surface area contributed by atoms with Crippen LogP contribution in [0.1, 0.15) is 17.5 Å². The van der Waals surface area contributed by atoms with Gasteiger partial charge in [-0.2, -0.15) is 0 Å². The molecule has 0 spiro atoms. The number of nitrogens with two attached hydrogens (primary N) is 1. The molecule has 0 aliphatic rings. The summed E-state index contributed by atoms with van der Waals surface area (Å²) in [5.41, 5.74) is 7.50. The minimum Gasteiger partial charge on any atom is -0.489 e.